The molecule has 130 valence electrons. The van der Waals surface area contributed by atoms with E-state index < -0.39 is 0 Å². The maximum Gasteiger partial charge on any atom is 0.308 e. The van der Waals surface area contributed by atoms with E-state index in [1.165, 1.54) is 0 Å². The van der Waals surface area contributed by atoms with Crippen molar-refractivity contribution >= 4 is 28.5 Å². The Morgan fingerprint density at radius 1 is 1.24 bits per heavy atom. The first kappa shape index (κ1) is 17.4. The molecule has 0 saturated heterocycles. The normalized spacial score (nSPS) is 11.0. The van der Waals surface area contributed by atoms with E-state index in [0.717, 1.165) is 27.9 Å². The minimum Gasteiger partial charge on any atom is -0.459 e. The van der Waals surface area contributed by atoms with Crippen LogP contribution in [0, 0.1) is 20.8 Å². The van der Waals surface area contributed by atoms with Crippen LogP contribution in [-0.2, 0) is 22.7 Å². The molecule has 2 aromatic heterocycles. The van der Waals surface area contributed by atoms with Gasteiger partial charge in [-0.1, -0.05) is 29.8 Å². The summed E-state index contributed by atoms with van der Waals surface area (Å²) in [5, 5.41) is 5.89. The molecule has 0 aliphatic carbocycles. The number of para-hydroxylation sites is 1. The van der Waals surface area contributed by atoms with E-state index in [9.17, 15) is 4.79 Å². The summed E-state index contributed by atoms with van der Waals surface area (Å²) >= 11 is 6.38. The largest absolute Gasteiger partial charge is 0.459 e. The van der Waals surface area contributed by atoms with Crippen LogP contribution in [0.1, 0.15) is 29.1 Å². The number of aromatic nitrogens is 3. The SMILES string of the molecule is Cc1cc(C)n(CCC(=O)OCc2nc3ccccc3c(C)c2Cl)n1. The highest BCUT2D eigenvalue weighted by Gasteiger charge is 2.13. The zero-order valence-corrected chi connectivity index (χ0v) is 15.3. The zero-order chi connectivity index (χ0) is 18.0. The number of rotatable bonds is 5. The highest BCUT2D eigenvalue weighted by molar-refractivity contribution is 6.32. The van der Waals surface area contributed by atoms with Crippen molar-refractivity contribution in [1.82, 2.24) is 14.8 Å². The summed E-state index contributed by atoms with van der Waals surface area (Å²) in [7, 11) is 0. The summed E-state index contributed by atoms with van der Waals surface area (Å²) in [5.41, 5.74) is 4.34. The molecule has 0 fully saturated rings. The molecule has 0 N–H and O–H groups in total. The first-order valence-electron chi connectivity index (χ1n) is 8.16. The van der Waals surface area contributed by atoms with E-state index in [2.05, 4.69) is 10.1 Å². The molecule has 5 nitrogen and oxygen atoms in total. The average molecular weight is 358 g/mol. The molecule has 0 radical (unpaired) electrons. The Bertz CT molecular complexity index is 934. The number of carbonyl (C=O) groups is 1. The van der Waals surface area contributed by atoms with Gasteiger partial charge in [-0.25, -0.2) is 4.98 Å². The molecule has 0 saturated carbocycles. The van der Waals surface area contributed by atoms with Crippen LogP contribution >= 0.6 is 11.6 Å². The third-order valence-corrected chi connectivity index (χ3v) is 4.65. The lowest BCUT2D eigenvalue weighted by atomic mass is 10.1. The highest BCUT2D eigenvalue weighted by Crippen LogP contribution is 2.27. The molecule has 0 amide bonds. The van der Waals surface area contributed by atoms with Crippen LogP contribution in [0.2, 0.25) is 5.02 Å². The van der Waals surface area contributed by atoms with E-state index in [0.29, 0.717) is 17.3 Å². The molecule has 6 heteroatoms. The van der Waals surface area contributed by atoms with Gasteiger partial charge in [0.2, 0.25) is 0 Å². The van der Waals surface area contributed by atoms with Gasteiger partial charge in [0.05, 0.1) is 34.9 Å². The molecule has 0 unspecified atom stereocenters. The third kappa shape index (κ3) is 3.82. The molecule has 0 aliphatic heterocycles. The lowest BCUT2D eigenvalue weighted by Crippen LogP contribution is -2.12. The molecule has 0 bridgehead atoms. The van der Waals surface area contributed by atoms with Crippen molar-refractivity contribution in [2.45, 2.75) is 40.3 Å². The standard InChI is InChI=1S/C19H20ClN3O2/c1-12-10-13(2)23(22-12)9-8-18(24)25-11-17-19(20)14(3)15-6-4-5-7-16(15)21-17/h4-7,10H,8-9,11H2,1-3H3. The van der Waals surface area contributed by atoms with Gasteiger partial charge in [0.1, 0.15) is 6.61 Å². The molecule has 3 aromatic rings. The maximum absolute atomic E-state index is 12.0. The highest BCUT2D eigenvalue weighted by atomic mass is 35.5. The van der Waals surface area contributed by atoms with E-state index in [4.69, 9.17) is 16.3 Å². The minimum absolute atomic E-state index is 0.0699. The van der Waals surface area contributed by atoms with Crippen LogP contribution in [0.25, 0.3) is 10.9 Å². The van der Waals surface area contributed by atoms with Crippen molar-refractivity contribution in [1.29, 1.82) is 0 Å². The number of hydrogen-bond donors (Lipinski definition) is 0. The fourth-order valence-electron chi connectivity index (χ4n) is 2.83. The second-order valence-electron chi connectivity index (χ2n) is 6.08. The second kappa shape index (κ2) is 7.23. The number of halogens is 1. The number of nitrogens with zero attached hydrogens (tertiary/aromatic N) is 3. The van der Waals surface area contributed by atoms with Gasteiger partial charge in [-0.3, -0.25) is 9.48 Å². The molecular formula is C19H20ClN3O2. The Kier molecular flexibility index (Phi) is 5.04. The molecule has 1 aromatic carbocycles. The van der Waals surface area contributed by atoms with Gasteiger partial charge in [0.25, 0.3) is 0 Å². The Hall–Kier alpha value is -2.40. The zero-order valence-electron chi connectivity index (χ0n) is 14.5. The molecule has 0 spiro atoms. The predicted octanol–water partition coefficient (Wildman–Crippen LogP) is 4.14. The summed E-state index contributed by atoms with van der Waals surface area (Å²) < 4.78 is 7.16. The number of aryl methyl sites for hydroxylation is 4. The van der Waals surface area contributed by atoms with Crippen LogP contribution in [0.5, 0.6) is 0 Å². The fraction of sp³-hybridized carbons (Fsp3) is 0.316. The Labute approximate surface area is 151 Å². The fourth-order valence-corrected chi connectivity index (χ4v) is 3.03. The van der Waals surface area contributed by atoms with E-state index in [1.807, 2.05) is 55.8 Å². The summed E-state index contributed by atoms with van der Waals surface area (Å²) in [6.45, 7) is 6.40. The molecule has 0 atom stereocenters. The second-order valence-corrected chi connectivity index (χ2v) is 6.45. The van der Waals surface area contributed by atoms with E-state index >= 15 is 0 Å². The first-order chi connectivity index (χ1) is 12.0. The molecule has 2 heterocycles. The molecule has 25 heavy (non-hydrogen) atoms. The van der Waals surface area contributed by atoms with Crippen LogP contribution < -0.4 is 0 Å². The minimum atomic E-state index is -0.295. The first-order valence-corrected chi connectivity index (χ1v) is 8.54. The number of pyridine rings is 1. The van der Waals surface area contributed by atoms with Crippen molar-refractivity contribution in [2.75, 3.05) is 0 Å². The van der Waals surface area contributed by atoms with Crippen molar-refractivity contribution < 1.29 is 9.53 Å². The Balaban J connectivity index is 1.65. The number of fused-ring (bicyclic) bond motifs is 1. The smallest absolute Gasteiger partial charge is 0.308 e. The lowest BCUT2D eigenvalue weighted by molar-refractivity contribution is -0.145. The number of carbonyl (C=O) groups excluding carboxylic acids is 1. The van der Waals surface area contributed by atoms with Crippen LogP contribution in [0.4, 0.5) is 0 Å². The lowest BCUT2D eigenvalue weighted by Gasteiger charge is -2.11. The maximum atomic E-state index is 12.0. The van der Waals surface area contributed by atoms with Crippen molar-refractivity contribution in [3.8, 4) is 0 Å². The third-order valence-electron chi connectivity index (χ3n) is 4.15. The summed E-state index contributed by atoms with van der Waals surface area (Å²) in [4.78, 5) is 16.5. The number of benzene rings is 1. The predicted molar refractivity (Wildman–Crippen MR) is 97.6 cm³/mol. The summed E-state index contributed by atoms with van der Waals surface area (Å²) in [6, 6.07) is 9.76. The molecular weight excluding hydrogens is 338 g/mol. The van der Waals surface area contributed by atoms with Crippen LogP contribution in [-0.4, -0.2) is 20.7 Å². The number of esters is 1. The van der Waals surface area contributed by atoms with Gasteiger partial charge in [0, 0.05) is 11.1 Å². The van der Waals surface area contributed by atoms with E-state index in [1.54, 1.807) is 0 Å². The molecule has 3 rings (SSSR count). The van der Waals surface area contributed by atoms with Gasteiger partial charge in [-0.05, 0) is 38.5 Å². The van der Waals surface area contributed by atoms with E-state index in [-0.39, 0.29) is 19.0 Å². The van der Waals surface area contributed by atoms with Crippen molar-refractivity contribution in [3.63, 3.8) is 0 Å². The quantitative estimate of drug-likeness (QED) is 0.644. The average Bonchev–Trinajstić information content (AvgIpc) is 2.92. The Morgan fingerprint density at radius 2 is 2.00 bits per heavy atom. The van der Waals surface area contributed by atoms with Crippen LogP contribution in [0.15, 0.2) is 30.3 Å². The van der Waals surface area contributed by atoms with Gasteiger partial charge in [-0.15, -0.1) is 0 Å². The number of hydrogen-bond acceptors (Lipinski definition) is 4. The topological polar surface area (TPSA) is 57.0 Å². The van der Waals surface area contributed by atoms with Crippen molar-refractivity contribution in [3.05, 3.63) is 58.0 Å². The van der Waals surface area contributed by atoms with Gasteiger partial charge < -0.3 is 4.74 Å². The van der Waals surface area contributed by atoms with Gasteiger partial charge in [-0.2, -0.15) is 5.10 Å². The summed E-state index contributed by atoms with van der Waals surface area (Å²) in [6.07, 6.45) is 0.256. The van der Waals surface area contributed by atoms with Crippen molar-refractivity contribution in [2.24, 2.45) is 0 Å². The van der Waals surface area contributed by atoms with Gasteiger partial charge in [0.15, 0.2) is 0 Å². The molecule has 0 aliphatic rings. The van der Waals surface area contributed by atoms with Gasteiger partial charge >= 0.3 is 5.97 Å². The number of ether oxygens (including phenoxy) is 1. The Morgan fingerprint density at radius 3 is 2.72 bits per heavy atom. The summed E-state index contributed by atoms with van der Waals surface area (Å²) in [5.74, 6) is -0.295. The van der Waals surface area contributed by atoms with Crippen LogP contribution in [0.3, 0.4) is 0 Å². The monoisotopic (exact) mass is 357 g/mol.